The molecule has 30 heavy (non-hydrogen) atoms. The number of carbonyl (C=O) groups excluding carboxylic acids is 1. The maximum absolute atomic E-state index is 13.7. The highest BCUT2D eigenvalue weighted by Crippen LogP contribution is 2.20. The Morgan fingerprint density at radius 1 is 1.17 bits per heavy atom. The number of anilines is 1. The summed E-state index contributed by atoms with van der Waals surface area (Å²) in [5, 5.41) is 20.8. The molecule has 1 aromatic carbocycles. The molecule has 2 heterocycles. The molecule has 1 N–H and O–H groups in total. The van der Waals surface area contributed by atoms with Crippen molar-refractivity contribution < 1.29 is 27.3 Å². The summed E-state index contributed by atoms with van der Waals surface area (Å²) in [6, 6.07) is 2.71. The number of hydrogen-bond acceptors (Lipinski definition) is 5. The van der Waals surface area contributed by atoms with E-state index in [9.17, 15) is 32.5 Å². The molecule has 0 fully saturated rings. The highest BCUT2D eigenvalue weighted by Gasteiger charge is 2.20. The van der Waals surface area contributed by atoms with Gasteiger partial charge in [-0.15, -0.1) is 0 Å². The van der Waals surface area contributed by atoms with Gasteiger partial charge >= 0.3 is 5.82 Å². The van der Waals surface area contributed by atoms with Crippen molar-refractivity contribution in [2.24, 2.45) is 0 Å². The van der Waals surface area contributed by atoms with Crippen LogP contribution in [0.3, 0.4) is 0 Å². The first-order valence-electron chi connectivity index (χ1n) is 8.49. The second kappa shape index (κ2) is 8.31. The van der Waals surface area contributed by atoms with Crippen LogP contribution in [-0.4, -0.2) is 30.4 Å². The van der Waals surface area contributed by atoms with Gasteiger partial charge in [-0.3, -0.25) is 9.48 Å². The van der Waals surface area contributed by atoms with E-state index in [2.05, 4.69) is 15.5 Å². The van der Waals surface area contributed by atoms with E-state index < -0.39 is 46.2 Å². The second-order valence-electron chi connectivity index (χ2n) is 6.27. The van der Waals surface area contributed by atoms with Crippen LogP contribution >= 0.6 is 0 Å². The Hall–Kier alpha value is -3.77. The van der Waals surface area contributed by atoms with Gasteiger partial charge in [-0.2, -0.15) is 9.78 Å². The molecule has 0 bridgehead atoms. The van der Waals surface area contributed by atoms with Crippen LogP contribution in [0, 0.1) is 40.3 Å². The lowest BCUT2D eigenvalue weighted by Crippen LogP contribution is -2.16. The number of nitrogens with one attached hydrogen (secondary N) is 1. The summed E-state index contributed by atoms with van der Waals surface area (Å²) in [5.74, 6) is -6.90. The Balaban J connectivity index is 1.62. The number of amides is 1. The molecule has 3 aromatic rings. The largest absolute Gasteiger partial charge is 0.390 e. The second-order valence-corrected chi connectivity index (χ2v) is 6.27. The molecule has 0 saturated carbocycles. The molecule has 0 aliphatic carbocycles. The molecule has 9 nitrogen and oxygen atoms in total. The minimum absolute atomic E-state index is 0.0425. The monoisotopic (exact) mass is 426 g/mol. The van der Waals surface area contributed by atoms with Crippen molar-refractivity contribution in [1.82, 2.24) is 19.6 Å². The predicted molar refractivity (Wildman–Crippen MR) is 94.5 cm³/mol. The number of halogens is 4. The minimum Gasteiger partial charge on any atom is -0.358 e. The predicted octanol–water partition coefficient (Wildman–Crippen LogP) is 2.93. The van der Waals surface area contributed by atoms with Crippen molar-refractivity contribution in [3.63, 3.8) is 0 Å². The van der Waals surface area contributed by atoms with E-state index in [1.54, 1.807) is 6.92 Å². The van der Waals surface area contributed by atoms with Gasteiger partial charge in [0.1, 0.15) is 0 Å². The summed E-state index contributed by atoms with van der Waals surface area (Å²) in [6.07, 6.45) is 1.18. The third-order valence-corrected chi connectivity index (χ3v) is 4.14. The Morgan fingerprint density at radius 2 is 1.83 bits per heavy atom. The molecule has 0 radical (unpaired) electrons. The fraction of sp³-hybridized carbons (Fsp3) is 0.235. The average Bonchev–Trinajstić information content (AvgIpc) is 3.28. The van der Waals surface area contributed by atoms with Gasteiger partial charge < -0.3 is 15.4 Å². The molecule has 2 aromatic heterocycles. The molecule has 1 amide bonds. The summed E-state index contributed by atoms with van der Waals surface area (Å²) >= 11 is 0. The Morgan fingerprint density at radius 3 is 2.43 bits per heavy atom. The van der Waals surface area contributed by atoms with Gasteiger partial charge in [-0.05, 0) is 11.8 Å². The lowest BCUT2D eigenvalue weighted by atomic mass is 10.2. The van der Waals surface area contributed by atoms with Crippen molar-refractivity contribution in [3.8, 4) is 0 Å². The molecule has 3 rings (SSSR count). The molecule has 0 aliphatic rings. The van der Waals surface area contributed by atoms with E-state index in [0.717, 1.165) is 4.68 Å². The van der Waals surface area contributed by atoms with Gasteiger partial charge in [0, 0.05) is 24.8 Å². The van der Waals surface area contributed by atoms with Crippen molar-refractivity contribution in [3.05, 3.63) is 69.0 Å². The Kier molecular flexibility index (Phi) is 5.80. The van der Waals surface area contributed by atoms with Crippen LogP contribution in [0.5, 0.6) is 0 Å². The van der Waals surface area contributed by atoms with E-state index in [4.69, 9.17) is 0 Å². The lowest BCUT2D eigenvalue weighted by molar-refractivity contribution is -0.389. The van der Waals surface area contributed by atoms with Gasteiger partial charge in [-0.1, -0.05) is 0 Å². The van der Waals surface area contributed by atoms with E-state index >= 15 is 0 Å². The van der Waals surface area contributed by atoms with Gasteiger partial charge in [0.25, 0.3) is 0 Å². The quantitative estimate of drug-likeness (QED) is 0.271. The first kappa shape index (κ1) is 21.0. The fourth-order valence-electron chi connectivity index (χ4n) is 2.66. The summed E-state index contributed by atoms with van der Waals surface area (Å²) < 4.78 is 56.4. The van der Waals surface area contributed by atoms with Crippen LogP contribution in [0.1, 0.15) is 17.7 Å². The molecule has 0 aliphatic heterocycles. The number of hydrogen-bond donors (Lipinski definition) is 1. The van der Waals surface area contributed by atoms with Crippen LogP contribution in [0.15, 0.2) is 24.4 Å². The van der Waals surface area contributed by atoms with Crippen LogP contribution in [0.2, 0.25) is 0 Å². The highest BCUT2D eigenvalue weighted by atomic mass is 19.2. The van der Waals surface area contributed by atoms with Crippen molar-refractivity contribution >= 4 is 17.5 Å². The molecule has 0 saturated heterocycles. The molecular formula is C17H14F4N6O3. The average molecular weight is 426 g/mol. The molecular weight excluding hydrogens is 412 g/mol. The number of aryl methyl sites for hydroxylation is 2. The topological polar surface area (TPSA) is 108 Å². The normalized spacial score (nSPS) is 11.0. The van der Waals surface area contributed by atoms with E-state index in [-0.39, 0.29) is 30.7 Å². The maximum atomic E-state index is 13.7. The number of aromatic nitrogens is 4. The minimum atomic E-state index is -1.53. The van der Waals surface area contributed by atoms with Gasteiger partial charge in [0.2, 0.25) is 5.91 Å². The van der Waals surface area contributed by atoms with Crippen LogP contribution in [0.25, 0.3) is 0 Å². The molecule has 0 unspecified atom stereocenters. The van der Waals surface area contributed by atoms with Crippen molar-refractivity contribution in [1.29, 1.82) is 0 Å². The third-order valence-electron chi connectivity index (χ3n) is 4.14. The number of nitro groups is 1. The van der Waals surface area contributed by atoms with Crippen molar-refractivity contribution in [2.75, 3.05) is 5.32 Å². The standard InChI is InChI=1S/C17H14F4N6O3/c1-9-6-14(27(29)30)24-26(9)5-3-15(28)22-13-2-4-25(23-13)8-10-16(20)11(18)7-12(19)17(10)21/h2,4,6-7H,3,5,8H2,1H3,(H,22,23,28). The molecule has 0 atom stereocenters. The van der Waals surface area contributed by atoms with E-state index in [1.165, 1.54) is 23.0 Å². The summed E-state index contributed by atoms with van der Waals surface area (Å²) in [7, 11) is 0. The first-order chi connectivity index (χ1) is 14.2. The van der Waals surface area contributed by atoms with E-state index in [0.29, 0.717) is 5.69 Å². The van der Waals surface area contributed by atoms with Crippen LogP contribution in [0.4, 0.5) is 29.2 Å². The van der Waals surface area contributed by atoms with Gasteiger partial charge in [0.15, 0.2) is 29.1 Å². The molecule has 0 spiro atoms. The van der Waals surface area contributed by atoms with Gasteiger partial charge in [0.05, 0.1) is 35.5 Å². The van der Waals surface area contributed by atoms with Crippen LogP contribution < -0.4 is 5.32 Å². The Bertz CT molecular complexity index is 1100. The SMILES string of the molecule is Cc1cc([N+](=O)[O-])nn1CCC(=O)Nc1ccn(Cc2c(F)c(F)cc(F)c2F)n1. The lowest BCUT2D eigenvalue weighted by Gasteiger charge is -2.07. The maximum Gasteiger partial charge on any atom is 0.390 e. The number of carbonyl (C=O) groups is 1. The smallest absolute Gasteiger partial charge is 0.358 e. The summed E-state index contributed by atoms with van der Waals surface area (Å²) in [4.78, 5) is 22.1. The fourth-order valence-corrected chi connectivity index (χ4v) is 2.66. The summed E-state index contributed by atoms with van der Waals surface area (Å²) in [5.41, 5.74) is -0.339. The number of nitrogens with zero attached hydrogens (tertiary/aromatic N) is 5. The zero-order valence-electron chi connectivity index (χ0n) is 15.4. The Labute approximate surface area is 166 Å². The zero-order valence-corrected chi connectivity index (χ0v) is 15.4. The third kappa shape index (κ3) is 4.45. The summed E-state index contributed by atoms with van der Waals surface area (Å²) in [6.45, 7) is 1.08. The van der Waals surface area contributed by atoms with E-state index in [1.807, 2.05) is 0 Å². The molecule has 158 valence electrons. The first-order valence-corrected chi connectivity index (χ1v) is 8.49. The number of benzene rings is 1. The zero-order chi connectivity index (χ0) is 22.0. The highest BCUT2D eigenvalue weighted by molar-refractivity contribution is 5.89. The molecule has 13 heteroatoms. The van der Waals surface area contributed by atoms with Gasteiger partial charge in [-0.25, -0.2) is 17.6 Å². The van der Waals surface area contributed by atoms with Crippen molar-refractivity contribution in [2.45, 2.75) is 26.4 Å². The number of rotatable bonds is 7. The van der Waals surface area contributed by atoms with Crippen LogP contribution in [-0.2, 0) is 17.9 Å².